The summed E-state index contributed by atoms with van der Waals surface area (Å²) in [6, 6.07) is 0. The van der Waals surface area contributed by atoms with E-state index >= 15 is 0 Å². The number of carbonyl (C=O) groups excluding carboxylic acids is 1. The van der Waals surface area contributed by atoms with Crippen molar-refractivity contribution < 1.29 is 13.2 Å². The fraction of sp³-hybridized carbons (Fsp3) is 0.250. The molecular weight excluding hydrogens is 142 g/mol. The van der Waals surface area contributed by atoms with Gasteiger partial charge in [-0.25, -0.2) is 13.6 Å². The van der Waals surface area contributed by atoms with E-state index in [9.17, 15) is 13.2 Å². The molecule has 9 heavy (non-hydrogen) atoms. The van der Waals surface area contributed by atoms with Crippen molar-refractivity contribution in [3.63, 3.8) is 0 Å². The molecule has 5 heteroatoms. The Labute approximate surface area is 53.4 Å². The molecule has 0 bridgehead atoms. The molecule has 0 aliphatic heterocycles. The summed E-state index contributed by atoms with van der Waals surface area (Å²) in [5, 5.41) is 3.33. The van der Waals surface area contributed by atoms with Crippen molar-refractivity contribution in [2.24, 2.45) is 5.14 Å². The van der Waals surface area contributed by atoms with Crippen molar-refractivity contribution in [3.8, 4) is 0 Å². The van der Waals surface area contributed by atoms with Crippen LogP contribution in [-0.2, 0) is 14.8 Å². The first-order chi connectivity index (χ1) is 3.85. The van der Waals surface area contributed by atoms with E-state index in [2.05, 4.69) is 11.7 Å². The first-order valence-electron chi connectivity index (χ1n) is 2.08. The van der Waals surface area contributed by atoms with Gasteiger partial charge in [0, 0.05) is 5.57 Å². The van der Waals surface area contributed by atoms with E-state index in [1.165, 1.54) is 6.92 Å². The lowest BCUT2D eigenvalue weighted by atomic mass is 10.4. The van der Waals surface area contributed by atoms with Crippen molar-refractivity contribution in [2.45, 2.75) is 6.92 Å². The van der Waals surface area contributed by atoms with Gasteiger partial charge in [-0.3, -0.25) is 4.79 Å². The molecule has 0 atom stereocenters. The van der Waals surface area contributed by atoms with Crippen LogP contribution >= 0.6 is 0 Å². The van der Waals surface area contributed by atoms with Crippen molar-refractivity contribution in [2.75, 3.05) is 0 Å². The van der Waals surface area contributed by atoms with Crippen LogP contribution < -0.4 is 5.14 Å². The molecule has 0 aromatic rings. The minimum absolute atomic E-state index is 0.0718. The van der Waals surface area contributed by atoms with Crippen LogP contribution in [0.4, 0.5) is 0 Å². The second kappa shape index (κ2) is 2.28. The van der Waals surface area contributed by atoms with Crippen LogP contribution in [0, 0.1) is 0 Å². The summed E-state index contributed by atoms with van der Waals surface area (Å²) in [7, 11) is -4.04. The summed E-state index contributed by atoms with van der Waals surface area (Å²) in [6.07, 6.45) is 0. The summed E-state index contributed by atoms with van der Waals surface area (Å²) in [5.74, 6) is 0. The van der Waals surface area contributed by atoms with E-state index in [0.717, 1.165) is 0 Å². The molecule has 0 aliphatic rings. The summed E-state index contributed by atoms with van der Waals surface area (Å²) in [6.45, 7) is 4.40. The Bertz CT molecular complexity index is 239. The number of rotatable bonds is 1. The predicted molar refractivity (Wildman–Crippen MR) is 32.9 cm³/mol. The predicted octanol–water partition coefficient (Wildman–Crippen LogP) is -0.622. The van der Waals surface area contributed by atoms with Gasteiger partial charge < -0.3 is 0 Å². The largest absolute Gasteiger partial charge is 0.286 e. The van der Waals surface area contributed by atoms with Crippen LogP contribution in [0.15, 0.2) is 12.2 Å². The SMILES string of the molecule is C=C(C)C(=O)S(N)(=O)=O. The van der Waals surface area contributed by atoms with Crippen LogP contribution in [0.3, 0.4) is 0 Å². The average molecular weight is 149 g/mol. The number of carbonyl (C=O) groups is 1. The number of sulfonamides is 1. The fourth-order valence-electron chi connectivity index (χ4n) is 0.243. The molecule has 2 N–H and O–H groups in total. The van der Waals surface area contributed by atoms with Gasteiger partial charge in [-0.05, 0) is 6.92 Å². The molecule has 0 unspecified atom stereocenters. The minimum Gasteiger partial charge on any atom is -0.275 e. The molecule has 0 fully saturated rings. The molecule has 0 aromatic heterocycles. The molecule has 0 heterocycles. The molecule has 0 saturated carbocycles. The van der Waals surface area contributed by atoms with E-state index in [-0.39, 0.29) is 5.57 Å². The Kier molecular flexibility index (Phi) is 2.11. The normalized spacial score (nSPS) is 10.9. The van der Waals surface area contributed by atoms with Gasteiger partial charge in [0.05, 0.1) is 0 Å². The molecule has 0 aromatic carbocycles. The van der Waals surface area contributed by atoms with Gasteiger partial charge in [0.15, 0.2) is 0 Å². The maximum Gasteiger partial charge on any atom is 0.286 e. The molecule has 0 saturated heterocycles. The molecule has 4 nitrogen and oxygen atoms in total. The number of hydrogen-bond donors (Lipinski definition) is 1. The van der Waals surface area contributed by atoms with Crippen LogP contribution in [0.1, 0.15) is 6.92 Å². The van der Waals surface area contributed by atoms with Crippen LogP contribution in [-0.4, -0.2) is 13.5 Å². The second-order valence-corrected chi connectivity index (χ2v) is 3.07. The Morgan fingerprint density at radius 2 is 1.89 bits per heavy atom. The standard InChI is InChI=1S/C4H7NO3S/c1-3(2)4(6)9(5,7)8/h1H2,2H3,(H2,5,7,8). The highest BCUT2D eigenvalue weighted by Crippen LogP contribution is 1.93. The van der Waals surface area contributed by atoms with Crippen molar-refractivity contribution in [1.29, 1.82) is 0 Å². The summed E-state index contributed by atoms with van der Waals surface area (Å²) >= 11 is 0. The lowest BCUT2D eigenvalue weighted by molar-refractivity contribution is -0.108. The highest BCUT2D eigenvalue weighted by Gasteiger charge is 2.15. The lowest BCUT2D eigenvalue weighted by Crippen LogP contribution is -2.23. The number of hydrogen-bond acceptors (Lipinski definition) is 3. The Morgan fingerprint density at radius 3 is 1.89 bits per heavy atom. The fourth-order valence-corrected chi connectivity index (χ4v) is 0.729. The number of primary sulfonamides is 1. The zero-order valence-corrected chi connectivity index (χ0v) is 5.73. The van der Waals surface area contributed by atoms with Crippen LogP contribution in [0.25, 0.3) is 0 Å². The van der Waals surface area contributed by atoms with Gasteiger partial charge in [-0.2, -0.15) is 0 Å². The Morgan fingerprint density at radius 1 is 1.56 bits per heavy atom. The molecule has 0 amide bonds. The highest BCUT2D eigenvalue weighted by molar-refractivity contribution is 8.04. The summed E-state index contributed by atoms with van der Waals surface area (Å²) in [4.78, 5) is 10.4. The molecule has 0 radical (unpaired) electrons. The maximum atomic E-state index is 10.4. The zero-order valence-electron chi connectivity index (χ0n) is 4.92. The number of nitrogens with two attached hydrogens (primary N) is 1. The summed E-state index contributed by atoms with van der Waals surface area (Å²) < 4.78 is 20.3. The molecular formula is C4H7NO3S. The first-order valence-corrected chi connectivity index (χ1v) is 3.63. The van der Waals surface area contributed by atoms with Gasteiger partial charge in [-0.15, -0.1) is 0 Å². The van der Waals surface area contributed by atoms with E-state index in [0.29, 0.717) is 0 Å². The van der Waals surface area contributed by atoms with Gasteiger partial charge in [0.2, 0.25) is 0 Å². The molecule has 52 valence electrons. The van der Waals surface area contributed by atoms with Crippen molar-refractivity contribution in [3.05, 3.63) is 12.2 Å². The highest BCUT2D eigenvalue weighted by atomic mass is 32.2. The van der Waals surface area contributed by atoms with E-state index < -0.39 is 15.1 Å². The van der Waals surface area contributed by atoms with E-state index in [4.69, 9.17) is 0 Å². The van der Waals surface area contributed by atoms with Crippen LogP contribution in [0.2, 0.25) is 0 Å². The topological polar surface area (TPSA) is 77.2 Å². The van der Waals surface area contributed by atoms with Crippen molar-refractivity contribution >= 4 is 15.1 Å². The first kappa shape index (κ1) is 8.32. The monoisotopic (exact) mass is 149 g/mol. The van der Waals surface area contributed by atoms with Gasteiger partial charge >= 0.3 is 0 Å². The molecule has 0 aliphatic carbocycles. The van der Waals surface area contributed by atoms with Gasteiger partial charge in [-0.1, -0.05) is 6.58 Å². The second-order valence-electron chi connectivity index (χ2n) is 1.61. The zero-order chi connectivity index (χ0) is 7.65. The Hall–Kier alpha value is -0.680. The summed E-state index contributed by atoms with van der Waals surface area (Å²) in [5.41, 5.74) is -0.0718. The van der Waals surface area contributed by atoms with E-state index in [1.807, 2.05) is 0 Å². The smallest absolute Gasteiger partial charge is 0.275 e. The van der Waals surface area contributed by atoms with Crippen LogP contribution in [0.5, 0.6) is 0 Å². The quantitative estimate of drug-likeness (QED) is 0.504. The third-order valence-corrected chi connectivity index (χ3v) is 1.47. The molecule has 0 rings (SSSR count). The van der Waals surface area contributed by atoms with Gasteiger partial charge in [0.25, 0.3) is 15.1 Å². The Balaban J connectivity index is 4.66. The van der Waals surface area contributed by atoms with E-state index in [1.54, 1.807) is 0 Å². The third kappa shape index (κ3) is 2.39. The maximum absolute atomic E-state index is 10.4. The molecule has 0 spiro atoms. The third-order valence-electron chi connectivity index (χ3n) is 0.607. The minimum atomic E-state index is -4.04. The lowest BCUT2D eigenvalue weighted by Gasteiger charge is -1.91. The van der Waals surface area contributed by atoms with Gasteiger partial charge in [0.1, 0.15) is 0 Å². The average Bonchev–Trinajstić information content (AvgIpc) is 1.62. The van der Waals surface area contributed by atoms with Crippen molar-refractivity contribution in [1.82, 2.24) is 0 Å².